The van der Waals surface area contributed by atoms with Crippen molar-refractivity contribution in [3.8, 4) is 0 Å². The van der Waals surface area contributed by atoms with E-state index in [2.05, 4.69) is 4.98 Å². The van der Waals surface area contributed by atoms with Gasteiger partial charge in [-0.2, -0.15) is 13.2 Å². The van der Waals surface area contributed by atoms with Crippen LogP contribution in [0.3, 0.4) is 0 Å². The number of aromatic nitrogens is 1. The molecule has 0 aliphatic carbocycles. The van der Waals surface area contributed by atoms with Crippen molar-refractivity contribution < 1.29 is 23.1 Å². The van der Waals surface area contributed by atoms with Crippen molar-refractivity contribution in [3.63, 3.8) is 0 Å². The zero-order valence-corrected chi connectivity index (χ0v) is 9.53. The Balaban J connectivity index is 2.40. The molecule has 18 heavy (non-hydrogen) atoms. The molecule has 7 heteroatoms. The number of alkyl halides is 3. The van der Waals surface area contributed by atoms with E-state index in [1.165, 1.54) is 0 Å². The lowest BCUT2D eigenvalue weighted by molar-refractivity contribution is -0.137. The molecular formula is C11H11F3N2O2. The van der Waals surface area contributed by atoms with Crippen LogP contribution in [0, 0.1) is 0 Å². The summed E-state index contributed by atoms with van der Waals surface area (Å²) in [5, 5.41) is 8.89. The molecule has 0 aromatic carbocycles. The van der Waals surface area contributed by atoms with E-state index >= 15 is 0 Å². The fraction of sp³-hybridized carbons (Fsp3) is 0.455. The molecule has 1 unspecified atom stereocenters. The quantitative estimate of drug-likeness (QED) is 0.780. The van der Waals surface area contributed by atoms with Gasteiger partial charge >= 0.3 is 12.3 Å². The average Bonchev–Trinajstić information content (AvgIpc) is 2.26. The number of carbonyl (C=O) groups is 1. The minimum absolute atomic E-state index is 0.0497. The van der Waals surface area contributed by atoms with Gasteiger partial charge in [-0.05, 0) is 11.6 Å². The fourth-order valence-electron chi connectivity index (χ4n) is 2.08. The topological polar surface area (TPSA) is 53.4 Å². The largest absolute Gasteiger partial charge is 0.465 e. The lowest BCUT2D eigenvalue weighted by Gasteiger charge is -2.30. The van der Waals surface area contributed by atoms with E-state index in [0.29, 0.717) is 11.3 Å². The van der Waals surface area contributed by atoms with Crippen molar-refractivity contribution in [1.82, 2.24) is 9.88 Å². The van der Waals surface area contributed by atoms with Crippen molar-refractivity contribution in [2.45, 2.75) is 25.6 Å². The predicted octanol–water partition coefficient (Wildman–Crippen LogP) is 2.70. The maximum absolute atomic E-state index is 12.5. The van der Waals surface area contributed by atoms with Gasteiger partial charge in [0.05, 0.1) is 12.1 Å². The van der Waals surface area contributed by atoms with Crippen LogP contribution in [0.5, 0.6) is 0 Å². The number of amides is 1. The normalized spacial score (nSPS) is 19.6. The Morgan fingerprint density at radius 3 is 2.78 bits per heavy atom. The number of hydrogen-bond acceptors (Lipinski definition) is 2. The van der Waals surface area contributed by atoms with Gasteiger partial charge in [-0.3, -0.25) is 4.98 Å². The standard InChI is InChI=1S/C11H11F3N2O2/c1-6-4-16(10(17)18)5-7-2-8(11(12,13)14)3-15-9(6)7/h2-3,6H,4-5H2,1H3,(H,17,18). The fourth-order valence-corrected chi connectivity index (χ4v) is 2.08. The van der Waals surface area contributed by atoms with Crippen molar-refractivity contribution in [1.29, 1.82) is 0 Å². The van der Waals surface area contributed by atoms with Crippen LogP contribution in [0.4, 0.5) is 18.0 Å². The maximum atomic E-state index is 12.5. The highest BCUT2D eigenvalue weighted by molar-refractivity contribution is 5.65. The van der Waals surface area contributed by atoms with E-state index in [1.807, 2.05) is 0 Å². The van der Waals surface area contributed by atoms with Crippen molar-refractivity contribution in [2.24, 2.45) is 0 Å². The molecule has 1 aliphatic heterocycles. The zero-order valence-electron chi connectivity index (χ0n) is 9.53. The molecule has 1 aromatic rings. The van der Waals surface area contributed by atoms with Gasteiger partial charge in [-0.25, -0.2) is 4.79 Å². The Hall–Kier alpha value is -1.79. The Morgan fingerprint density at radius 2 is 2.22 bits per heavy atom. The van der Waals surface area contributed by atoms with Crippen LogP contribution in [0.15, 0.2) is 12.3 Å². The molecule has 0 spiro atoms. The maximum Gasteiger partial charge on any atom is 0.417 e. The molecule has 2 heterocycles. The first kappa shape index (κ1) is 12.7. The number of rotatable bonds is 0. The van der Waals surface area contributed by atoms with Gasteiger partial charge in [0, 0.05) is 24.4 Å². The van der Waals surface area contributed by atoms with Crippen LogP contribution in [0.1, 0.15) is 29.7 Å². The first-order valence-electron chi connectivity index (χ1n) is 5.33. The summed E-state index contributed by atoms with van der Waals surface area (Å²) in [6.07, 6.45) is -4.80. The monoisotopic (exact) mass is 260 g/mol. The molecule has 0 fully saturated rings. The van der Waals surface area contributed by atoms with Crippen LogP contribution in [-0.2, 0) is 12.7 Å². The van der Waals surface area contributed by atoms with E-state index in [1.54, 1.807) is 6.92 Å². The highest BCUT2D eigenvalue weighted by Crippen LogP contribution is 2.33. The van der Waals surface area contributed by atoms with Gasteiger partial charge in [0.15, 0.2) is 0 Å². The number of pyridine rings is 1. The SMILES string of the molecule is CC1CN(C(=O)O)Cc2cc(C(F)(F)F)cnc21. The van der Waals surface area contributed by atoms with Crippen molar-refractivity contribution in [3.05, 3.63) is 29.1 Å². The van der Waals surface area contributed by atoms with Crippen LogP contribution in [0.25, 0.3) is 0 Å². The van der Waals surface area contributed by atoms with Gasteiger partial charge in [-0.1, -0.05) is 6.92 Å². The third-order valence-corrected chi connectivity index (χ3v) is 2.92. The summed E-state index contributed by atoms with van der Waals surface area (Å²) in [6.45, 7) is 1.95. The predicted molar refractivity (Wildman–Crippen MR) is 56.1 cm³/mol. The Bertz CT molecular complexity index is 488. The summed E-state index contributed by atoms with van der Waals surface area (Å²) in [5.41, 5.74) is 0.0205. The second-order valence-electron chi connectivity index (χ2n) is 4.33. The molecule has 0 saturated carbocycles. The highest BCUT2D eigenvalue weighted by atomic mass is 19.4. The molecule has 4 nitrogen and oxygen atoms in total. The van der Waals surface area contributed by atoms with Crippen LogP contribution >= 0.6 is 0 Å². The molecule has 1 aliphatic rings. The third-order valence-electron chi connectivity index (χ3n) is 2.92. The van der Waals surface area contributed by atoms with Gasteiger partial charge in [-0.15, -0.1) is 0 Å². The van der Waals surface area contributed by atoms with Crippen LogP contribution in [-0.4, -0.2) is 27.6 Å². The number of halogens is 3. The number of hydrogen-bond donors (Lipinski definition) is 1. The van der Waals surface area contributed by atoms with Crippen molar-refractivity contribution in [2.75, 3.05) is 6.54 Å². The van der Waals surface area contributed by atoms with Crippen LogP contribution in [0.2, 0.25) is 0 Å². The lowest BCUT2D eigenvalue weighted by Crippen LogP contribution is -2.37. The minimum atomic E-state index is -4.46. The minimum Gasteiger partial charge on any atom is -0.465 e. The summed E-state index contributed by atoms with van der Waals surface area (Å²) >= 11 is 0. The number of nitrogens with zero attached hydrogens (tertiary/aromatic N) is 2. The first-order valence-corrected chi connectivity index (χ1v) is 5.33. The highest BCUT2D eigenvalue weighted by Gasteiger charge is 2.34. The molecule has 1 aromatic heterocycles. The first-order chi connectivity index (χ1) is 8.29. The second kappa shape index (κ2) is 4.15. The molecule has 1 amide bonds. The molecule has 0 radical (unpaired) electrons. The molecule has 1 atom stereocenters. The number of fused-ring (bicyclic) bond motifs is 1. The van der Waals surface area contributed by atoms with Gasteiger partial charge < -0.3 is 10.0 Å². The van der Waals surface area contributed by atoms with Gasteiger partial charge in [0.2, 0.25) is 0 Å². The summed E-state index contributed by atoms with van der Waals surface area (Å²) in [7, 11) is 0. The van der Waals surface area contributed by atoms with E-state index < -0.39 is 17.8 Å². The Morgan fingerprint density at radius 1 is 1.56 bits per heavy atom. The summed E-state index contributed by atoms with van der Waals surface area (Å²) in [5.74, 6) is -0.202. The van der Waals surface area contributed by atoms with E-state index in [0.717, 1.165) is 17.2 Å². The Labute approximate surface area is 101 Å². The van der Waals surface area contributed by atoms with Crippen LogP contribution < -0.4 is 0 Å². The average molecular weight is 260 g/mol. The van der Waals surface area contributed by atoms with Crippen molar-refractivity contribution >= 4 is 6.09 Å². The lowest BCUT2D eigenvalue weighted by atomic mass is 9.95. The van der Waals surface area contributed by atoms with Gasteiger partial charge in [0.25, 0.3) is 0 Å². The molecular weight excluding hydrogens is 249 g/mol. The molecule has 1 N–H and O–H groups in total. The van der Waals surface area contributed by atoms with E-state index in [9.17, 15) is 18.0 Å². The van der Waals surface area contributed by atoms with Gasteiger partial charge in [0.1, 0.15) is 0 Å². The van der Waals surface area contributed by atoms with E-state index in [4.69, 9.17) is 5.11 Å². The number of carboxylic acid groups (broad SMARTS) is 1. The molecule has 0 bridgehead atoms. The van der Waals surface area contributed by atoms with E-state index in [-0.39, 0.29) is 19.0 Å². The smallest absolute Gasteiger partial charge is 0.417 e. The molecule has 98 valence electrons. The Kier molecular flexibility index (Phi) is 2.92. The summed E-state index contributed by atoms with van der Waals surface area (Å²) < 4.78 is 37.6. The molecule has 0 saturated heterocycles. The summed E-state index contributed by atoms with van der Waals surface area (Å²) in [4.78, 5) is 15.8. The third kappa shape index (κ3) is 2.25. The second-order valence-corrected chi connectivity index (χ2v) is 4.33. The summed E-state index contributed by atoms with van der Waals surface area (Å²) in [6, 6.07) is 0.980. The zero-order chi connectivity index (χ0) is 13.5. The molecule has 2 rings (SSSR count).